The molecule has 0 unspecified atom stereocenters. The predicted octanol–water partition coefficient (Wildman–Crippen LogP) is 1.67. The van der Waals surface area contributed by atoms with Crippen molar-refractivity contribution in [2.75, 3.05) is 20.3 Å². The molecular weight excluding hydrogens is 297 g/mol. The summed E-state index contributed by atoms with van der Waals surface area (Å²) in [7, 11) is -2.27. The van der Waals surface area contributed by atoms with Gasteiger partial charge in [0.15, 0.2) is 0 Å². The topological polar surface area (TPSA) is 66.8 Å². The lowest BCUT2D eigenvalue weighted by Gasteiger charge is -2.26. The summed E-state index contributed by atoms with van der Waals surface area (Å²) in [6, 6.07) is 2.21. The van der Waals surface area contributed by atoms with Crippen molar-refractivity contribution in [3.8, 4) is 0 Å². The lowest BCUT2D eigenvalue weighted by Crippen LogP contribution is -2.39. The van der Waals surface area contributed by atoms with Crippen LogP contribution in [0.25, 0.3) is 0 Å². The Morgan fingerprint density at radius 1 is 1.38 bits per heavy atom. The van der Waals surface area contributed by atoms with E-state index in [9.17, 15) is 12.8 Å². The molecule has 0 radical (unpaired) electrons. The van der Waals surface area contributed by atoms with Crippen LogP contribution in [0.2, 0.25) is 0 Å². The second kappa shape index (κ2) is 7.31. The molecular formula is C14H22FNO4S. The Morgan fingerprint density at radius 2 is 2.00 bits per heavy atom. The van der Waals surface area contributed by atoms with Gasteiger partial charge in [0.1, 0.15) is 5.82 Å². The normalized spacial score (nSPS) is 12.4. The van der Waals surface area contributed by atoms with E-state index in [-0.39, 0.29) is 35.2 Å². The fourth-order valence-corrected chi connectivity index (χ4v) is 3.80. The van der Waals surface area contributed by atoms with E-state index in [0.29, 0.717) is 0 Å². The minimum absolute atomic E-state index is 0.0183. The lowest BCUT2D eigenvalue weighted by molar-refractivity contribution is 0.171. The van der Waals surface area contributed by atoms with Gasteiger partial charge in [-0.3, -0.25) is 0 Å². The van der Waals surface area contributed by atoms with E-state index < -0.39 is 22.4 Å². The number of aryl methyl sites for hydroxylation is 1. The second-order valence-corrected chi connectivity index (χ2v) is 6.96. The number of hydrogen-bond donors (Lipinski definition) is 1. The smallest absolute Gasteiger partial charge is 0.243 e. The lowest BCUT2D eigenvalue weighted by atomic mass is 10.1. The number of ether oxygens (including phenoxy) is 1. The third-order valence-corrected chi connectivity index (χ3v) is 5.23. The van der Waals surface area contributed by atoms with Crippen molar-refractivity contribution in [1.82, 2.24) is 4.31 Å². The standard InChI is InChI=1S/C14H22FNO4S/c1-10(2)16(5-6-20-4)21(18,19)13-7-11(3)14(15)12(8-13)9-17/h7-8,10,17H,5-6,9H2,1-4H3. The number of aliphatic hydroxyl groups excluding tert-OH is 1. The summed E-state index contributed by atoms with van der Waals surface area (Å²) in [6.45, 7) is 4.93. The molecule has 0 aliphatic rings. The van der Waals surface area contributed by atoms with Gasteiger partial charge < -0.3 is 9.84 Å². The predicted molar refractivity (Wildman–Crippen MR) is 78.0 cm³/mol. The molecule has 0 saturated carbocycles. The average Bonchev–Trinajstić information content (AvgIpc) is 2.41. The summed E-state index contributed by atoms with van der Waals surface area (Å²) in [4.78, 5) is -0.0183. The zero-order valence-corrected chi connectivity index (χ0v) is 13.6. The Labute approximate surface area is 125 Å². The molecule has 0 aliphatic heterocycles. The zero-order valence-electron chi connectivity index (χ0n) is 12.8. The number of aliphatic hydroxyl groups is 1. The van der Waals surface area contributed by atoms with Crippen LogP contribution < -0.4 is 0 Å². The van der Waals surface area contributed by atoms with Crippen LogP contribution in [0.5, 0.6) is 0 Å². The molecule has 21 heavy (non-hydrogen) atoms. The van der Waals surface area contributed by atoms with Gasteiger partial charge in [0.25, 0.3) is 0 Å². The van der Waals surface area contributed by atoms with Crippen LogP contribution in [-0.2, 0) is 21.4 Å². The van der Waals surface area contributed by atoms with E-state index in [1.54, 1.807) is 13.8 Å². The summed E-state index contributed by atoms with van der Waals surface area (Å²) in [5.41, 5.74) is 0.166. The van der Waals surface area contributed by atoms with E-state index in [1.807, 2.05) is 0 Å². The molecule has 0 aromatic heterocycles. The maximum absolute atomic E-state index is 13.7. The van der Waals surface area contributed by atoms with Crippen LogP contribution in [0, 0.1) is 12.7 Å². The van der Waals surface area contributed by atoms with Crippen LogP contribution in [0.15, 0.2) is 17.0 Å². The van der Waals surface area contributed by atoms with Crippen LogP contribution in [0.4, 0.5) is 4.39 Å². The molecule has 0 spiro atoms. The third-order valence-electron chi connectivity index (χ3n) is 3.17. The van der Waals surface area contributed by atoms with Crippen LogP contribution in [0.3, 0.4) is 0 Å². The monoisotopic (exact) mass is 319 g/mol. The van der Waals surface area contributed by atoms with Crippen molar-refractivity contribution in [1.29, 1.82) is 0 Å². The highest BCUT2D eigenvalue weighted by Gasteiger charge is 2.28. The zero-order chi connectivity index (χ0) is 16.2. The van der Waals surface area contributed by atoms with Gasteiger partial charge in [-0.25, -0.2) is 12.8 Å². The van der Waals surface area contributed by atoms with E-state index in [1.165, 1.54) is 30.5 Å². The van der Waals surface area contributed by atoms with Crippen molar-refractivity contribution in [3.05, 3.63) is 29.1 Å². The molecule has 5 nitrogen and oxygen atoms in total. The Bertz CT molecular complexity index is 587. The van der Waals surface area contributed by atoms with Crippen LogP contribution in [-0.4, -0.2) is 44.1 Å². The van der Waals surface area contributed by atoms with E-state index in [4.69, 9.17) is 9.84 Å². The first kappa shape index (κ1) is 18.0. The number of rotatable bonds is 7. The molecule has 120 valence electrons. The second-order valence-electron chi connectivity index (χ2n) is 5.07. The van der Waals surface area contributed by atoms with Crippen LogP contribution >= 0.6 is 0 Å². The minimum atomic E-state index is -3.77. The fourth-order valence-electron chi connectivity index (χ4n) is 2.04. The molecule has 0 amide bonds. The van der Waals surface area contributed by atoms with E-state index >= 15 is 0 Å². The van der Waals surface area contributed by atoms with Crippen molar-refractivity contribution >= 4 is 10.0 Å². The number of halogens is 1. The van der Waals surface area contributed by atoms with Gasteiger partial charge in [-0.2, -0.15) is 4.31 Å². The number of benzene rings is 1. The van der Waals surface area contributed by atoms with Gasteiger partial charge in [0, 0.05) is 25.3 Å². The molecule has 1 aromatic carbocycles. The van der Waals surface area contributed by atoms with E-state index in [2.05, 4.69) is 0 Å². The summed E-state index contributed by atoms with van der Waals surface area (Å²) in [5, 5.41) is 9.15. The Balaban J connectivity index is 3.31. The molecule has 1 aromatic rings. The molecule has 0 bridgehead atoms. The molecule has 0 aliphatic carbocycles. The van der Waals surface area contributed by atoms with Gasteiger partial charge in [0.05, 0.1) is 18.1 Å². The number of sulfonamides is 1. The summed E-state index contributed by atoms with van der Waals surface area (Å²) in [6.07, 6.45) is 0. The van der Waals surface area contributed by atoms with Crippen molar-refractivity contribution < 1.29 is 22.7 Å². The first-order valence-corrected chi connectivity index (χ1v) is 8.10. The SMILES string of the molecule is COCCN(C(C)C)S(=O)(=O)c1cc(C)c(F)c(CO)c1. The Kier molecular flexibility index (Phi) is 6.27. The molecule has 0 heterocycles. The minimum Gasteiger partial charge on any atom is -0.392 e. The van der Waals surface area contributed by atoms with Crippen LogP contribution in [0.1, 0.15) is 25.0 Å². The average molecular weight is 319 g/mol. The molecule has 0 saturated heterocycles. The van der Waals surface area contributed by atoms with Gasteiger partial charge >= 0.3 is 0 Å². The van der Waals surface area contributed by atoms with Gasteiger partial charge in [-0.15, -0.1) is 0 Å². The van der Waals surface area contributed by atoms with Gasteiger partial charge in [-0.05, 0) is 38.5 Å². The fraction of sp³-hybridized carbons (Fsp3) is 0.571. The summed E-state index contributed by atoms with van der Waals surface area (Å²) < 4.78 is 45.3. The number of nitrogens with zero attached hydrogens (tertiary/aromatic N) is 1. The highest BCUT2D eigenvalue weighted by molar-refractivity contribution is 7.89. The van der Waals surface area contributed by atoms with Crippen molar-refractivity contribution in [2.45, 2.75) is 38.3 Å². The third kappa shape index (κ3) is 4.00. The maximum Gasteiger partial charge on any atom is 0.243 e. The molecule has 7 heteroatoms. The van der Waals surface area contributed by atoms with Gasteiger partial charge in [-0.1, -0.05) is 0 Å². The number of hydrogen-bond acceptors (Lipinski definition) is 4. The maximum atomic E-state index is 13.7. The highest BCUT2D eigenvalue weighted by atomic mass is 32.2. The Morgan fingerprint density at radius 3 is 2.48 bits per heavy atom. The van der Waals surface area contributed by atoms with Gasteiger partial charge in [0.2, 0.25) is 10.0 Å². The first-order valence-electron chi connectivity index (χ1n) is 6.66. The molecule has 0 atom stereocenters. The summed E-state index contributed by atoms with van der Waals surface area (Å²) >= 11 is 0. The summed E-state index contributed by atoms with van der Waals surface area (Å²) in [5.74, 6) is -0.579. The Hall–Kier alpha value is -1.02. The molecule has 1 N–H and O–H groups in total. The number of methoxy groups -OCH3 is 1. The molecule has 1 rings (SSSR count). The van der Waals surface area contributed by atoms with Crippen molar-refractivity contribution in [2.24, 2.45) is 0 Å². The van der Waals surface area contributed by atoms with Crippen molar-refractivity contribution in [3.63, 3.8) is 0 Å². The van der Waals surface area contributed by atoms with E-state index in [0.717, 1.165) is 0 Å². The quantitative estimate of drug-likeness (QED) is 0.830. The highest BCUT2D eigenvalue weighted by Crippen LogP contribution is 2.23. The largest absolute Gasteiger partial charge is 0.392 e. The molecule has 0 fully saturated rings. The first-order chi connectivity index (χ1) is 9.75.